The van der Waals surface area contributed by atoms with E-state index < -0.39 is 0 Å². The van der Waals surface area contributed by atoms with E-state index in [4.69, 9.17) is 0 Å². The van der Waals surface area contributed by atoms with E-state index in [1.165, 1.54) is 16.9 Å². The number of pyridine rings is 2. The molecule has 1 saturated heterocycles. The SMILES string of the molecule is CN(CCO)C(=O)c1sc2ncccc2c1[C@H]1CCN(Cc2cccc3cccnc23)C1. The second-order valence-corrected chi connectivity index (χ2v) is 9.36. The Morgan fingerprint density at radius 1 is 1.19 bits per heavy atom. The van der Waals surface area contributed by atoms with Crippen molar-refractivity contribution in [2.45, 2.75) is 18.9 Å². The largest absolute Gasteiger partial charge is 0.395 e. The summed E-state index contributed by atoms with van der Waals surface area (Å²) in [6.07, 6.45) is 4.63. The van der Waals surface area contributed by atoms with E-state index in [1.807, 2.05) is 18.3 Å². The molecular weight excluding hydrogens is 420 g/mol. The molecule has 4 aromatic rings. The van der Waals surface area contributed by atoms with E-state index >= 15 is 0 Å². The Hall–Kier alpha value is -2.87. The fourth-order valence-electron chi connectivity index (χ4n) is 4.69. The van der Waals surface area contributed by atoms with Gasteiger partial charge in [-0.05, 0) is 36.2 Å². The van der Waals surface area contributed by atoms with Crippen molar-refractivity contribution in [1.29, 1.82) is 0 Å². The van der Waals surface area contributed by atoms with Gasteiger partial charge in [-0.2, -0.15) is 0 Å². The Kier molecular flexibility index (Phi) is 5.87. The molecule has 1 fully saturated rings. The van der Waals surface area contributed by atoms with Crippen LogP contribution in [0, 0.1) is 0 Å². The fourth-order valence-corrected chi connectivity index (χ4v) is 5.91. The molecule has 1 aliphatic heterocycles. The number of aliphatic hydroxyl groups excluding tert-OH is 1. The molecule has 0 radical (unpaired) electrons. The minimum absolute atomic E-state index is 0.0336. The fraction of sp³-hybridized carbons (Fsp3) is 0.320. The highest BCUT2D eigenvalue weighted by molar-refractivity contribution is 7.20. The zero-order valence-electron chi connectivity index (χ0n) is 18.1. The zero-order chi connectivity index (χ0) is 22.1. The van der Waals surface area contributed by atoms with Crippen LogP contribution in [0.2, 0.25) is 0 Å². The third-order valence-corrected chi connectivity index (χ3v) is 7.39. The van der Waals surface area contributed by atoms with Crippen molar-refractivity contribution in [3.63, 3.8) is 0 Å². The number of likely N-dealkylation sites (tertiary alicyclic amines) is 1. The summed E-state index contributed by atoms with van der Waals surface area (Å²) >= 11 is 1.47. The molecule has 1 aliphatic rings. The summed E-state index contributed by atoms with van der Waals surface area (Å²) in [7, 11) is 1.74. The first-order chi connectivity index (χ1) is 15.7. The summed E-state index contributed by atoms with van der Waals surface area (Å²) in [5.74, 6) is 0.242. The number of aromatic nitrogens is 2. The van der Waals surface area contributed by atoms with Gasteiger partial charge in [0.2, 0.25) is 0 Å². The third kappa shape index (κ3) is 3.88. The minimum Gasteiger partial charge on any atom is -0.395 e. The van der Waals surface area contributed by atoms with Gasteiger partial charge in [-0.3, -0.25) is 14.7 Å². The quantitative estimate of drug-likeness (QED) is 0.487. The van der Waals surface area contributed by atoms with Gasteiger partial charge < -0.3 is 10.0 Å². The maximum absolute atomic E-state index is 13.2. The standard InChI is InChI=1S/C25H26N4O2S/c1-28(13-14-30)25(31)23-21(20-8-4-11-27-24(20)32-23)18-9-12-29(15-18)16-19-6-2-5-17-7-3-10-26-22(17)19/h2-8,10-11,18,30H,9,12-16H2,1H3/t18-/m0/s1. The molecule has 0 spiro atoms. The van der Waals surface area contributed by atoms with Crippen molar-refractivity contribution in [2.75, 3.05) is 33.3 Å². The van der Waals surface area contributed by atoms with Crippen LogP contribution in [-0.4, -0.2) is 64.1 Å². The van der Waals surface area contributed by atoms with Crippen molar-refractivity contribution in [1.82, 2.24) is 19.8 Å². The Bertz CT molecular complexity index is 1270. The minimum atomic E-state index is -0.0447. The summed E-state index contributed by atoms with van der Waals surface area (Å²) < 4.78 is 0. The summed E-state index contributed by atoms with van der Waals surface area (Å²) in [6.45, 7) is 3.00. The van der Waals surface area contributed by atoms with Crippen LogP contribution < -0.4 is 0 Å². The van der Waals surface area contributed by atoms with Crippen LogP contribution in [0.1, 0.15) is 33.1 Å². The number of aliphatic hydroxyl groups is 1. The van der Waals surface area contributed by atoms with Crippen molar-refractivity contribution < 1.29 is 9.90 Å². The van der Waals surface area contributed by atoms with E-state index in [0.717, 1.165) is 57.6 Å². The van der Waals surface area contributed by atoms with Gasteiger partial charge in [0.05, 0.1) is 17.0 Å². The lowest BCUT2D eigenvalue weighted by Crippen LogP contribution is -2.29. The monoisotopic (exact) mass is 446 g/mol. The molecule has 4 heterocycles. The van der Waals surface area contributed by atoms with Crippen molar-refractivity contribution in [3.8, 4) is 0 Å². The molecule has 0 aliphatic carbocycles. The molecule has 1 aromatic carbocycles. The van der Waals surface area contributed by atoms with E-state index in [9.17, 15) is 9.90 Å². The predicted molar refractivity (Wildman–Crippen MR) is 128 cm³/mol. The number of likely N-dealkylation sites (N-methyl/N-ethyl adjacent to an activating group) is 1. The number of hydrogen-bond acceptors (Lipinski definition) is 6. The number of hydrogen-bond donors (Lipinski definition) is 1. The van der Waals surface area contributed by atoms with Crippen LogP contribution in [0.25, 0.3) is 21.1 Å². The Morgan fingerprint density at radius 3 is 2.88 bits per heavy atom. The molecule has 0 saturated carbocycles. The number of carbonyl (C=O) groups excluding carboxylic acids is 1. The number of rotatable bonds is 6. The van der Waals surface area contributed by atoms with E-state index in [0.29, 0.717) is 6.54 Å². The van der Waals surface area contributed by atoms with Crippen LogP contribution in [0.5, 0.6) is 0 Å². The molecule has 32 heavy (non-hydrogen) atoms. The maximum Gasteiger partial charge on any atom is 0.264 e. The molecule has 1 amide bonds. The number of para-hydroxylation sites is 1. The van der Waals surface area contributed by atoms with Gasteiger partial charge in [0.1, 0.15) is 4.83 Å². The van der Waals surface area contributed by atoms with Gasteiger partial charge in [0.15, 0.2) is 0 Å². The average Bonchev–Trinajstić information content (AvgIpc) is 3.43. The summed E-state index contributed by atoms with van der Waals surface area (Å²) in [6, 6.07) is 14.4. The lowest BCUT2D eigenvalue weighted by atomic mass is 9.95. The topological polar surface area (TPSA) is 69.6 Å². The second-order valence-electron chi connectivity index (χ2n) is 8.36. The summed E-state index contributed by atoms with van der Waals surface area (Å²) in [5.41, 5.74) is 3.41. The summed E-state index contributed by atoms with van der Waals surface area (Å²) in [4.78, 5) is 28.0. The van der Waals surface area contributed by atoms with Gasteiger partial charge >= 0.3 is 0 Å². The van der Waals surface area contributed by atoms with Gasteiger partial charge in [-0.1, -0.05) is 30.3 Å². The molecule has 3 aromatic heterocycles. The molecule has 5 rings (SSSR count). The number of thiophene rings is 1. The van der Waals surface area contributed by atoms with Gasteiger partial charge in [-0.15, -0.1) is 11.3 Å². The highest BCUT2D eigenvalue weighted by Gasteiger charge is 2.32. The van der Waals surface area contributed by atoms with Crippen LogP contribution in [0.15, 0.2) is 54.9 Å². The normalized spacial score (nSPS) is 16.8. The number of benzene rings is 1. The molecule has 1 N–H and O–H groups in total. The second kappa shape index (κ2) is 8.94. The first-order valence-corrected chi connectivity index (χ1v) is 11.8. The highest BCUT2D eigenvalue weighted by Crippen LogP contribution is 2.40. The third-order valence-electron chi connectivity index (χ3n) is 6.27. The smallest absolute Gasteiger partial charge is 0.264 e. The lowest BCUT2D eigenvalue weighted by Gasteiger charge is -2.19. The van der Waals surface area contributed by atoms with Gasteiger partial charge in [0.25, 0.3) is 5.91 Å². The molecule has 6 nitrogen and oxygen atoms in total. The van der Waals surface area contributed by atoms with Crippen molar-refractivity contribution in [2.24, 2.45) is 0 Å². The molecule has 0 unspecified atom stereocenters. The molecule has 0 bridgehead atoms. The number of carbonyl (C=O) groups is 1. The van der Waals surface area contributed by atoms with Gasteiger partial charge in [-0.25, -0.2) is 4.98 Å². The van der Waals surface area contributed by atoms with E-state index in [-0.39, 0.29) is 18.4 Å². The van der Waals surface area contributed by atoms with Crippen LogP contribution in [0.3, 0.4) is 0 Å². The molecule has 1 atom stereocenters. The molecule has 164 valence electrons. The molecular formula is C25H26N4O2S. The number of fused-ring (bicyclic) bond motifs is 2. The van der Waals surface area contributed by atoms with Crippen LogP contribution in [0.4, 0.5) is 0 Å². The highest BCUT2D eigenvalue weighted by atomic mass is 32.1. The Morgan fingerprint density at radius 2 is 2.00 bits per heavy atom. The first kappa shape index (κ1) is 21.0. The van der Waals surface area contributed by atoms with Gasteiger partial charge in [0, 0.05) is 55.8 Å². The van der Waals surface area contributed by atoms with Crippen LogP contribution in [-0.2, 0) is 6.54 Å². The van der Waals surface area contributed by atoms with Crippen molar-refractivity contribution >= 4 is 38.4 Å². The maximum atomic E-state index is 13.2. The molecule has 7 heteroatoms. The van der Waals surface area contributed by atoms with E-state index in [2.05, 4.69) is 45.2 Å². The van der Waals surface area contributed by atoms with E-state index in [1.54, 1.807) is 18.1 Å². The Labute approximate surface area is 191 Å². The summed E-state index contributed by atoms with van der Waals surface area (Å²) in [5, 5.41) is 11.5. The lowest BCUT2D eigenvalue weighted by molar-refractivity contribution is 0.0770. The Balaban J connectivity index is 1.44. The van der Waals surface area contributed by atoms with Crippen molar-refractivity contribution in [3.05, 3.63) is 70.9 Å². The number of nitrogens with zero attached hydrogens (tertiary/aromatic N) is 4. The average molecular weight is 447 g/mol. The predicted octanol–water partition coefficient (Wildman–Crippen LogP) is 3.90. The zero-order valence-corrected chi connectivity index (χ0v) is 18.9. The van der Waals surface area contributed by atoms with Crippen LogP contribution >= 0.6 is 11.3 Å². The first-order valence-electron chi connectivity index (χ1n) is 10.9. The number of amides is 1.